The summed E-state index contributed by atoms with van der Waals surface area (Å²) in [5, 5.41) is 6.05. The van der Waals surface area contributed by atoms with E-state index in [-0.39, 0.29) is 11.9 Å². The Balaban J connectivity index is 2.58. The Labute approximate surface area is 109 Å². The van der Waals surface area contributed by atoms with Crippen molar-refractivity contribution in [1.29, 1.82) is 0 Å². The molecule has 0 aliphatic heterocycles. The maximum Gasteiger partial charge on any atom is 0.242 e. The molecule has 0 radical (unpaired) electrons. The molecule has 18 heavy (non-hydrogen) atoms. The zero-order valence-corrected chi connectivity index (χ0v) is 11.5. The van der Waals surface area contributed by atoms with E-state index in [2.05, 4.69) is 24.5 Å². The van der Waals surface area contributed by atoms with E-state index in [1.165, 1.54) is 0 Å². The van der Waals surface area contributed by atoms with Crippen LogP contribution in [0.25, 0.3) is 0 Å². The van der Waals surface area contributed by atoms with Crippen molar-refractivity contribution in [3.05, 3.63) is 24.3 Å². The minimum atomic E-state index is -0.292. The Morgan fingerprint density at radius 2 is 1.94 bits per heavy atom. The lowest BCUT2D eigenvalue weighted by Crippen LogP contribution is -2.39. The molecule has 0 saturated heterocycles. The Kier molecular flexibility index (Phi) is 5.49. The molecule has 0 bridgehead atoms. The first-order chi connectivity index (χ1) is 8.54. The van der Waals surface area contributed by atoms with Gasteiger partial charge in [-0.3, -0.25) is 4.79 Å². The number of methoxy groups -OCH3 is 1. The number of nitrogens with one attached hydrogen (secondary N) is 2. The van der Waals surface area contributed by atoms with E-state index in [1.54, 1.807) is 7.11 Å². The Morgan fingerprint density at radius 1 is 1.28 bits per heavy atom. The third kappa shape index (κ3) is 4.28. The fraction of sp³-hybridized carbons (Fsp3) is 0.500. The second-order valence-corrected chi connectivity index (χ2v) is 4.71. The second-order valence-electron chi connectivity index (χ2n) is 4.71. The van der Waals surface area contributed by atoms with E-state index in [0.29, 0.717) is 12.5 Å². The van der Waals surface area contributed by atoms with Crippen LogP contribution in [0.15, 0.2) is 24.3 Å². The summed E-state index contributed by atoms with van der Waals surface area (Å²) in [6, 6.07) is 7.27. The molecule has 0 aliphatic rings. The van der Waals surface area contributed by atoms with Gasteiger partial charge in [0.15, 0.2) is 0 Å². The summed E-state index contributed by atoms with van der Waals surface area (Å²) in [6.07, 6.45) is 0. The zero-order chi connectivity index (χ0) is 13.5. The largest absolute Gasteiger partial charge is 0.495 e. The highest BCUT2D eigenvalue weighted by Crippen LogP contribution is 2.23. The van der Waals surface area contributed by atoms with E-state index < -0.39 is 0 Å². The standard InChI is InChI=1S/C14H22N2O2/c1-10(2)9-15-14(17)11(3)16-12-7-5-6-8-13(12)18-4/h5-8,10-11,16H,9H2,1-4H3,(H,15,17)/t11-/m0/s1. The van der Waals surface area contributed by atoms with Crippen LogP contribution in [0.1, 0.15) is 20.8 Å². The molecule has 1 rings (SSSR count). The molecule has 0 unspecified atom stereocenters. The van der Waals surface area contributed by atoms with Gasteiger partial charge in [-0.05, 0) is 25.0 Å². The van der Waals surface area contributed by atoms with Crippen molar-refractivity contribution >= 4 is 11.6 Å². The molecule has 4 nitrogen and oxygen atoms in total. The first-order valence-electron chi connectivity index (χ1n) is 6.22. The van der Waals surface area contributed by atoms with Crippen molar-refractivity contribution in [2.75, 3.05) is 19.0 Å². The van der Waals surface area contributed by atoms with Crippen LogP contribution in [-0.2, 0) is 4.79 Å². The summed E-state index contributed by atoms with van der Waals surface area (Å²) in [4.78, 5) is 11.8. The van der Waals surface area contributed by atoms with E-state index >= 15 is 0 Å². The number of benzene rings is 1. The Hall–Kier alpha value is -1.71. The van der Waals surface area contributed by atoms with Crippen LogP contribution in [0.3, 0.4) is 0 Å². The molecule has 1 amide bonds. The van der Waals surface area contributed by atoms with Gasteiger partial charge >= 0.3 is 0 Å². The van der Waals surface area contributed by atoms with Crippen molar-refractivity contribution in [3.63, 3.8) is 0 Å². The number of ether oxygens (including phenoxy) is 1. The van der Waals surface area contributed by atoms with Crippen molar-refractivity contribution in [2.45, 2.75) is 26.8 Å². The lowest BCUT2D eigenvalue weighted by atomic mass is 10.2. The monoisotopic (exact) mass is 250 g/mol. The number of rotatable bonds is 6. The predicted octanol–water partition coefficient (Wildman–Crippen LogP) is 2.27. The number of carbonyl (C=O) groups is 1. The van der Waals surface area contributed by atoms with Crippen molar-refractivity contribution in [1.82, 2.24) is 5.32 Å². The zero-order valence-electron chi connectivity index (χ0n) is 11.5. The number of para-hydroxylation sites is 2. The van der Waals surface area contributed by atoms with Crippen LogP contribution >= 0.6 is 0 Å². The van der Waals surface area contributed by atoms with Gasteiger partial charge < -0.3 is 15.4 Å². The van der Waals surface area contributed by atoms with Gasteiger partial charge in [-0.1, -0.05) is 26.0 Å². The van der Waals surface area contributed by atoms with Gasteiger partial charge in [-0.15, -0.1) is 0 Å². The number of amides is 1. The Bertz CT molecular complexity index is 391. The normalized spacial score (nSPS) is 12.1. The van der Waals surface area contributed by atoms with E-state index in [4.69, 9.17) is 4.74 Å². The van der Waals surface area contributed by atoms with Gasteiger partial charge in [-0.25, -0.2) is 0 Å². The van der Waals surface area contributed by atoms with Crippen LogP contribution in [0.5, 0.6) is 5.75 Å². The summed E-state index contributed by atoms with van der Waals surface area (Å²) < 4.78 is 5.23. The minimum Gasteiger partial charge on any atom is -0.495 e. The van der Waals surface area contributed by atoms with E-state index in [1.807, 2.05) is 31.2 Å². The SMILES string of the molecule is COc1ccccc1N[C@@H](C)C(=O)NCC(C)C. The summed E-state index contributed by atoms with van der Waals surface area (Å²) >= 11 is 0. The molecule has 0 fully saturated rings. The molecule has 0 heterocycles. The molecule has 1 atom stereocenters. The highest BCUT2D eigenvalue weighted by atomic mass is 16.5. The number of hydrogen-bond donors (Lipinski definition) is 2. The van der Waals surface area contributed by atoms with Crippen LogP contribution in [0.4, 0.5) is 5.69 Å². The third-order valence-corrected chi connectivity index (χ3v) is 2.56. The third-order valence-electron chi connectivity index (χ3n) is 2.56. The van der Waals surface area contributed by atoms with Gasteiger partial charge in [0.25, 0.3) is 0 Å². The lowest BCUT2D eigenvalue weighted by Gasteiger charge is -2.17. The lowest BCUT2D eigenvalue weighted by molar-refractivity contribution is -0.121. The van der Waals surface area contributed by atoms with Crippen molar-refractivity contribution in [3.8, 4) is 5.75 Å². The average molecular weight is 250 g/mol. The minimum absolute atomic E-state index is 0.00499. The molecule has 1 aromatic rings. The molecule has 2 N–H and O–H groups in total. The van der Waals surface area contributed by atoms with E-state index in [0.717, 1.165) is 11.4 Å². The number of anilines is 1. The van der Waals surface area contributed by atoms with Gasteiger partial charge in [-0.2, -0.15) is 0 Å². The summed E-state index contributed by atoms with van der Waals surface area (Å²) in [5.41, 5.74) is 0.826. The average Bonchev–Trinajstić information content (AvgIpc) is 2.36. The molecule has 0 aliphatic carbocycles. The molecular formula is C14H22N2O2. The fourth-order valence-corrected chi connectivity index (χ4v) is 1.52. The number of carbonyl (C=O) groups excluding carboxylic acids is 1. The quantitative estimate of drug-likeness (QED) is 0.814. The molecule has 1 aromatic carbocycles. The summed E-state index contributed by atoms with van der Waals surface area (Å²) in [7, 11) is 1.62. The maximum atomic E-state index is 11.8. The van der Waals surface area contributed by atoms with Crippen LogP contribution in [0.2, 0.25) is 0 Å². The Morgan fingerprint density at radius 3 is 2.56 bits per heavy atom. The van der Waals surface area contributed by atoms with E-state index in [9.17, 15) is 4.79 Å². The number of hydrogen-bond acceptors (Lipinski definition) is 3. The molecular weight excluding hydrogens is 228 g/mol. The highest BCUT2D eigenvalue weighted by Gasteiger charge is 2.14. The van der Waals surface area contributed by atoms with Gasteiger partial charge in [0.1, 0.15) is 11.8 Å². The smallest absolute Gasteiger partial charge is 0.242 e. The highest BCUT2D eigenvalue weighted by molar-refractivity contribution is 5.84. The van der Waals surface area contributed by atoms with Crippen LogP contribution in [0, 0.1) is 5.92 Å². The summed E-state index contributed by atoms with van der Waals surface area (Å²) in [6.45, 7) is 6.66. The molecule has 4 heteroatoms. The summed E-state index contributed by atoms with van der Waals surface area (Å²) in [5.74, 6) is 1.18. The molecule has 0 saturated carbocycles. The van der Waals surface area contributed by atoms with Gasteiger partial charge in [0.05, 0.1) is 12.8 Å². The van der Waals surface area contributed by atoms with Crippen LogP contribution < -0.4 is 15.4 Å². The first-order valence-corrected chi connectivity index (χ1v) is 6.22. The maximum absolute atomic E-state index is 11.8. The molecule has 0 aromatic heterocycles. The van der Waals surface area contributed by atoms with Crippen molar-refractivity contribution in [2.24, 2.45) is 5.92 Å². The first kappa shape index (κ1) is 14.4. The predicted molar refractivity (Wildman–Crippen MR) is 73.9 cm³/mol. The van der Waals surface area contributed by atoms with Crippen molar-refractivity contribution < 1.29 is 9.53 Å². The van der Waals surface area contributed by atoms with Gasteiger partial charge in [0, 0.05) is 6.54 Å². The second kappa shape index (κ2) is 6.89. The fourth-order valence-electron chi connectivity index (χ4n) is 1.52. The topological polar surface area (TPSA) is 50.4 Å². The van der Waals surface area contributed by atoms with Crippen LogP contribution in [-0.4, -0.2) is 25.6 Å². The molecule has 0 spiro atoms. The molecule has 100 valence electrons. The van der Waals surface area contributed by atoms with Gasteiger partial charge in [0.2, 0.25) is 5.91 Å².